The Morgan fingerprint density at radius 3 is 2.33 bits per heavy atom. The Hall–Kier alpha value is -2.49. The number of aromatic nitrogens is 4. The van der Waals surface area contributed by atoms with Gasteiger partial charge in [0.15, 0.2) is 5.82 Å². The zero-order chi connectivity index (χ0) is 19.6. The summed E-state index contributed by atoms with van der Waals surface area (Å²) in [5.74, 6) is 0.969. The fourth-order valence-electron chi connectivity index (χ4n) is 2.52. The highest BCUT2D eigenvalue weighted by atomic mass is 19.4. The van der Waals surface area contributed by atoms with Gasteiger partial charge in [-0.05, 0) is 44.7 Å². The Labute approximate surface area is 154 Å². The minimum absolute atomic E-state index is 0.00551. The molecular weight excluding hydrogens is 361 g/mol. The van der Waals surface area contributed by atoms with Crippen LogP contribution in [0.25, 0.3) is 11.5 Å². The summed E-state index contributed by atoms with van der Waals surface area (Å²) < 4.78 is 38.9. The van der Waals surface area contributed by atoms with E-state index in [0.29, 0.717) is 5.92 Å². The van der Waals surface area contributed by atoms with E-state index < -0.39 is 11.9 Å². The van der Waals surface area contributed by atoms with Crippen molar-refractivity contribution in [3.05, 3.63) is 23.9 Å². The molecule has 10 heteroatoms. The van der Waals surface area contributed by atoms with Gasteiger partial charge in [0.25, 0.3) is 0 Å². The van der Waals surface area contributed by atoms with E-state index in [1.807, 2.05) is 6.92 Å². The standard InChI is InChI=1S/C17H21F3N6O/c1-9(8-27)21-15-24-14(12-4-3-5-13(23-12)17(18,19)20)25-16(26-15)22-10(2)11-6-7-11/h3-5,9-11,27H,6-8H2,1-2H3,(H2,21,22,24,25,26)/t9-,10-/m1/s1. The molecule has 0 unspecified atom stereocenters. The fourth-order valence-corrected chi connectivity index (χ4v) is 2.52. The van der Waals surface area contributed by atoms with E-state index in [2.05, 4.69) is 30.6 Å². The van der Waals surface area contributed by atoms with E-state index in [4.69, 9.17) is 0 Å². The molecule has 0 saturated heterocycles. The van der Waals surface area contributed by atoms with E-state index in [0.717, 1.165) is 18.9 Å². The predicted octanol–water partition coefficient (Wildman–Crippen LogP) is 2.96. The minimum Gasteiger partial charge on any atom is -0.394 e. The molecule has 7 nitrogen and oxygen atoms in total. The number of hydrogen-bond donors (Lipinski definition) is 3. The van der Waals surface area contributed by atoms with Crippen molar-refractivity contribution in [3.8, 4) is 11.5 Å². The number of anilines is 2. The third kappa shape index (κ3) is 5.03. The average molecular weight is 382 g/mol. The van der Waals surface area contributed by atoms with Crippen LogP contribution < -0.4 is 10.6 Å². The van der Waals surface area contributed by atoms with Crippen molar-refractivity contribution >= 4 is 11.9 Å². The van der Waals surface area contributed by atoms with E-state index in [-0.39, 0.29) is 42.1 Å². The van der Waals surface area contributed by atoms with Crippen molar-refractivity contribution in [3.63, 3.8) is 0 Å². The Morgan fingerprint density at radius 1 is 1.07 bits per heavy atom. The van der Waals surface area contributed by atoms with Crippen LogP contribution in [-0.4, -0.2) is 43.7 Å². The van der Waals surface area contributed by atoms with Gasteiger partial charge in [-0.3, -0.25) is 0 Å². The number of aliphatic hydroxyl groups is 1. The van der Waals surface area contributed by atoms with Crippen molar-refractivity contribution in [1.29, 1.82) is 0 Å². The molecule has 0 spiro atoms. The molecule has 2 heterocycles. The van der Waals surface area contributed by atoms with E-state index in [1.54, 1.807) is 6.92 Å². The number of aliphatic hydroxyl groups excluding tert-OH is 1. The third-order valence-electron chi connectivity index (χ3n) is 4.24. The second kappa shape index (κ2) is 7.63. The van der Waals surface area contributed by atoms with Gasteiger partial charge in [-0.1, -0.05) is 6.07 Å². The lowest BCUT2D eigenvalue weighted by Gasteiger charge is -2.16. The van der Waals surface area contributed by atoms with Gasteiger partial charge in [0.2, 0.25) is 11.9 Å². The highest BCUT2D eigenvalue weighted by Gasteiger charge is 2.33. The minimum atomic E-state index is -4.56. The average Bonchev–Trinajstić information content (AvgIpc) is 3.46. The number of nitrogens with one attached hydrogen (secondary N) is 2. The summed E-state index contributed by atoms with van der Waals surface area (Å²) >= 11 is 0. The van der Waals surface area contributed by atoms with Crippen LogP contribution in [0.15, 0.2) is 18.2 Å². The summed E-state index contributed by atoms with van der Waals surface area (Å²) in [6, 6.07) is 3.38. The number of alkyl halides is 3. The monoisotopic (exact) mass is 382 g/mol. The second-order valence-electron chi connectivity index (χ2n) is 6.71. The van der Waals surface area contributed by atoms with Gasteiger partial charge in [0.1, 0.15) is 11.4 Å². The zero-order valence-corrected chi connectivity index (χ0v) is 15.0. The van der Waals surface area contributed by atoms with Gasteiger partial charge >= 0.3 is 6.18 Å². The van der Waals surface area contributed by atoms with Crippen LogP contribution >= 0.6 is 0 Å². The molecular formula is C17H21F3N6O. The van der Waals surface area contributed by atoms with Crippen LogP contribution in [0.2, 0.25) is 0 Å². The van der Waals surface area contributed by atoms with Gasteiger partial charge in [0, 0.05) is 12.1 Å². The molecule has 1 aliphatic carbocycles. The topological polar surface area (TPSA) is 95.8 Å². The van der Waals surface area contributed by atoms with Crippen molar-refractivity contribution < 1.29 is 18.3 Å². The van der Waals surface area contributed by atoms with Crippen molar-refractivity contribution in [2.45, 2.75) is 44.9 Å². The molecule has 0 bridgehead atoms. The van der Waals surface area contributed by atoms with Gasteiger partial charge in [-0.25, -0.2) is 4.98 Å². The first-order valence-corrected chi connectivity index (χ1v) is 8.71. The smallest absolute Gasteiger partial charge is 0.394 e. The van der Waals surface area contributed by atoms with Gasteiger partial charge in [-0.15, -0.1) is 0 Å². The maximum absolute atomic E-state index is 13.0. The molecule has 1 aliphatic rings. The van der Waals surface area contributed by atoms with Gasteiger partial charge in [-0.2, -0.15) is 28.1 Å². The Kier molecular flexibility index (Phi) is 5.45. The first kappa shape index (κ1) is 19.3. The van der Waals surface area contributed by atoms with E-state index in [1.165, 1.54) is 12.1 Å². The van der Waals surface area contributed by atoms with Crippen LogP contribution in [0.1, 0.15) is 32.4 Å². The number of rotatable bonds is 7. The third-order valence-corrected chi connectivity index (χ3v) is 4.24. The lowest BCUT2D eigenvalue weighted by Crippen LogP contribution is -2.23. The van der Waals surface area contributed by atoms with Crippen LogP contribution in [-0.2, 0) is 6.18 Å². The summed E-state index contributed by atoms with van der Waals surface area (Å²) in [4.78, 5) is 16.3. The highest BCUT2D eigenvalue weighted by Crippen LogP contribution is 2.34. The number of hydrogen-bond acceptors (Lipinski definition) is 7. The normalized spacial score (nSPS) is 16.7. The molecule has 1 saturated carbocycles. The Bertz CT molecular complexity index is 796. The van der Waals surface area contributed by atoms with E-state index >= 15 is 0 Å². The first-order valence-electron chi connectivity index (χ1n) is 8.71. The number of nitrogens with zero attached hydrogens (tertiary/aromatic N) is 4. The van der Waals surface area contributed by atoms with Crippen LogP contribution in [0, 0.1) is 5.92 Å². The summed E-state index contributed by atoms with van der Waals surface area (Å²) in [6.45, 7) is 3.59. The molecule has 2 aromatic heterocycles. The van der Waals surface area contributed by atoms with E-state index in [9.17, 15) is 18.3 Å². The molecule has 0 aromatic carbocycles. The molecule has 0 radical (unpaired) electrons. The van der Waals surface area contributed by atoms with Crippen molar-refractivity contribution in [2.75, 3.05) is 17.2 Å². The number of halogens is 3. The Morgan fingerprint density at radius 2 is 1.74 bits per heavy atom. The Balaban J connectivity index is 1.96. The molecule has 3 N–H and O–H groups in total. The zero-order valence-electron chi connectivity index (χ0n) is 15.0. The SMILES string of the molecule is C[C@H](CO)Nc1nc(N[C@H](C)C2CC2)nc(-c2cccc(C(F)(F)F)n2)n1. The fraction of sp³-hybridized carbons (Fsp3) is 0.529. The lowest BCUT2D eigenvalue weighted by molar-refractivity contribution is -0.141. The molecule has 2 aromatic rings. The summed E-state index contributed by atoms with van der Waals surface area (Å²) in [5.41, 5.74) is -1.02. The first-order chi connectivity index (χ1) is 12.8. The largest absolute Gasteiger partial charge is 0.433 e. The maximum Gasteiger partial charge on any atom is 0.433 e. The molecule has 3 rings (SSSR count). The van der Waals surface area contributed by atoms with Crippen LogP contribution in [0.3, 0.4) is 0 Å². The molecule has 2 atom stereocenters. The van der Waals surface area contributed by atoms with Gasteiger partial charge in [0.05, 0.1) is 6.61 Å². The maximum atomic E-state index is 13.0. The summed E-state index contributed by atoms with van der Waals surface area (Å²) in [7, 11) is 0. The quantitative estimate of drug-likeness (QED) is 0.677. The molecule has 146 valence electrons. The van der Waals surface area contributed by atoms with Gasteiger partial charge < -0.3 is 15.7 Å². The summed E-state index contributed by atoms with van der Waals surface area (Å²) in [6.07, 6.45) is -2.32. The molecule has 1 fully saturated rings. The van der Waals surface area contributed by atoms with Crippen molar-refractivity contribution in [1.82, 2.24) is 19.9 Å². The lowest BCUT2D eigenvalue weighted by atomic mass is 10.2. The highest BCUT2D eigenvalue weighted by molar-refractivity contribution is 5.54. The van der Waals surface area contributed by atoms with Crippen LogP contribution in [0.5, 0.6) is 0 Å². The number of pyridine rings is 1. The predicted molar refractivity (Wildman–Crippen MR) is 94.0 cm³/mol. The second-order valence-corrected chi connectivity index (χ2v) is 6.71. The van der Waals surface area contributed by atoms with Crippen LogP contribution in [0.4, 0.5) is 25.1 Å². The van der Waals surface area contributed by atoms with Crippen molar-refractivity contribution in [2.24, 2.45) is 5.92 Å². The molecule has 27 heavy (non-hydrogen) atoms. The summed E-state index contributed by atoms with van der Waals surface area (Å²) in [5, 5.41) is 15.3. The molecule has 0 aliphatic heterocycles. The molecule has 0 amide bonds.